The summed E-state index contributed by atoms with van der Waals surface area (Å²) in [4.78, 5) is 23.6. The van der Waals surface area contributed by atoms with Gasteiger partial charge in [-0.25, -0.2) is 0 Å². The molecule has 4 aromatic rings. The molecule has 0 aliphatic rings. The van der Waals surface area contributed by atoms with E-state index in [1.165, 1.54) is 16.3 Å². The second kappa shape index (κ2) is 8.93. The largest absolute Gasteiger partial charge is 0.390 e. The van der Waals surface area contributed by atoms with Gasteiger partial charge in [-0.2, -0.15) is 9.78 Å². The Kier molecular flexibility index (Phi) is 6.01. The van der Waals surface area contributed by atoms with Gasteiger partial charge in [0, 0.05) is 0 Å². The zero-order chi connectivity index (χ0) is 24.6. The van der Waals surface area contributed by atoms with Crippen molar-refractivity contribution in [2.75, 3.05) is 5.32 Å². The number of rotatable bonds is 7. The molecule has 34 heavy (non-hydrogen) atoms. The quantitative estimate of drug-likeness (QED) is 0.325. The third-order valence-electron chi connectivity index (χ3n) is 5.74. The molecule has 1 aromatic carbocycles. The number of aryl methyl sites for hydroxylation is 4. The summed E-state index contributed by atoms with van der Waals surface area (Å²) in [5.41, 5.74) is 5.57. The predicted molar refractivity (Wildman–Crippen MR) is 124 cm³/mol. The first kappa shape index (κ1) is 22.9. The molecule has 11 heteroatoms. The van der Waals surface area contributed by atoms with Gasteiger partial charge in [0.2, 0.25) is 0 Å². The maximum absolute atomic E-state index is 13.1. The molecule has 0 spiro atoms. The number of nitrogens with one attached hydrogen (secondary N) is 1. The van der Waals surface area contributed by atoms with E-state index in [2.05, 4.69) is 32.8 Å². The maximum atomic E-state index is 13.1. The Bertz CT molecular complexity index is 1380. The summed E-state index contributed by atoms with van der Waals surface area (Å²) in [5, 5.41) is 26.4. The van der Waals surface area contributed by atoms with E-state index in [4.69, 9.17) is 4.52 Å². The zero-order valence-corrected chi connectivity index (χ0v) is 19.6. The van der Waals surface area contributed by atoms with Gasteiger partial charge in [0.05, 0.1) is 52.6 Å². The summed E-state index contributed by atoms with van der Waals surface area (Å²) in [6.45, 7) is 9.84. The maximum Gasteiger partial charge on any atom is 0.390 e. The van der Waals surface area contributed by atoms with Crippen LogP contribution in [0.1, 0.15) is 50.0 Å². The van der Waals surface area contributed by atoms with Gasteiger partial charge < -0.3 is 20.0 Å². The van der Waals surface area contributed by atoms with Crippen molar-refractivity contribution in [1.29, 1.82) is 0 Å². The Hall–Kier alpha value is -4.28. The van der Waals surface area contributed by atoms with E-state index in [9.17, 15) is 14.9 Å². The normalized spacial score (nSPS) is 11.1. The topological polar surface area (TPSA) is 134 Å². The lowest BCUT2D eigenvalue weighted by atomic mass is 10.1. The predicted octanol–water partition coefficient (Wildman–Crippen LogP) is 3.87. The van der Waals surface area contributed by atoms with Crippen LogP contribution in [0.15, 0.2) is 34.9 Å². The van der Waals surface area contributed by atoms with Crippen molar-refractivity contribution in [3.63, 3.8) is 0 Å². The molecule has 0 atom stereocenters. The van der Waals surface area contributed by atoms with Crippen LogP contribution >= 0.6 is 0 Å². The number of hydrogen-bond acceptors (Lipinski definition) is 7. The zero-order valence-electron chi connectivity index (χ0n) is 19.6. The number of hydrogen-bond donors (Lipinski definition) is 1. The molecule has 0 fully saturated rings. The Morgan fingerprint density at radius 3 is 2.41 bits per heavy atom. The molecular formula is C23H25N7O4. The number of benzene rings is 1. The van der Waals surface area contributed by atoms with E-state index in [-0.39, 0.29) is 18.1 Å². The van der Waals surface area contributed by atoms with Crippen LogP contribution < -0.4 is 5.32 Å². The second-order valence-electron chi connectivity index (χ2n) is 8.27. The van der Waals surface area contributed by atoms with Crippen molar-refractivity contribution in [3.05, 3.63) is 85.7 Å². The Balaban J connectivity index is 1.56. The molecule has 0 bridgehead atoms. The summed E-state index contributed by atoms with van der Waals surface area (Å²) < 4.78 is 8.56. The number of amides is 1. The molecular weight excluding hydrogens is 438 g/mol. The van der Waals surface area contributed by atoms with Crippen LogP contribution in [0.4, 0.5) is 11.5 Å². The van der Waals surface area contributed by atoms with E-state index in [0.717, 1.165) is 11.3 Å². The Labute approximate surface area is 195 Å². The highest BCUT2D eigenvalue weighted by molar-refractivity contribution is 6.04. The highest BCUT2D eigenvalue weighted by Gasteiger charge is 2.25. The molecule has 1 amide bonds. The van der Waals surface area contributed by atoms with Gasteiger partial charge >= 0.3 is 5.82 Å². The number of carbonyl (C=O) groups is 1. The van der Waals surface area contributed by atoms with Crippen molar-refractivity contribution >= 4 is 17.4 Å². The van der Waals surface area contributed by atoms with E-state index in [0.29, 0.717) is 34.9 Å². The van der Waals surface area contributed by atoms with Crippen LogP contribution in [0.2, 0.25) is 0 Å². The fraction of sp³-hybridized carbons (Fsp3) is 0.304. The molecule has 3 aromatic heterocycles. The average molecular weight is 463 g/mol. The van der Waals surface area contributed by atoms with Gasteiger partial charge in [-0.3, -0.25) is 9.48 Å². The fourth-order valence-corrected chi connectivity index (χ4v) is 3.72. The van der Waals surface area contributed by atoms with Crippen molar-refractivity contribution in [2.24, 2.45) is 0 Å². The first-order chi connectivity index (χ1) is 16.1. The summed E-state index contributed by atoms with van der Waals surface area (Å²) in [6.07, 6.45) is 0. The monoisotopic (exact) mass is 463 g/mol. The Morgan fingerprint density at radius 1 is 1.06 bits per heavy atom. The molecule has 176 valence electrons. The second-order valence-corrected chi connectivity index (χ2v) is 8.27. The minimum absolute atomic E-state index is 0.0973. The van der Waals surface area contributed by atoms with Crippen LogP contribution in [0.5, 0.6) is 0 Å². The van der Waals surface area contributed by atoms with Crippen molar-refractivity contribution < 1.29 is 14.2 Å². The molecule has 3 heterocycles. The standard InChI is InChI=1S/C23H25N7O4/c1-13-6-8-18(9-7-13)11-29-16(4)21(15(3)25-29)24-23(31)22-19(17(5)34-27-22)12-28-14(2)10-20(26-28)30(32)33/h6-10H,11-12H2,1-5H3,(H,24,31). The highest BCUT2D eigenvalue weighted by atomic mass is 16.6. The minimum atomic E-state index is -0.558. The summed E-state index contributed by atoms with van der Waals surface area (Å²) >= 11 is 0. The number of aromatic nitrogens is 5. The van der Waals surface area contributed by atoms with Gasteiger partial charge in [0.1, 0.15) is 5.76 Å². The molecule has 0 saturated heterocycles. The molecule has 4 rings (SSSR count). The lowest BCUT2D eigenvalue weighted by molar-refractivity contribution is -0.389. The minimum Gasteiger partial charge on any atom is -0.361 e. The van der Waals surface area contributed by atoms with Crippen LogP contribution in [0, 0.1) is 44.7 Å². The van der Waals surface area contributed by atoms with Gasteiger partial charge in [0.15, 0.2) is 5.69 Å². The highest BCUT2D eigenvalue weighted by Crippen LogP contribution is 2.24. The van der Waals surface area contributed by atoms with E-state index < -0.39 is 10.8 Å². The number of anilines is 1. The van der Waals surface area contributed by atoms with Crippen molar-refractivity contribution in [1.82, 2.24) is 24.7 Å². The van der Waals surface area contributed by atoms with E-state index in [1.807, 2.05) is 37.6 Å². The molecule has 1 N–H and O–H groups in total. The van der Waals surface area contributed by atoms with Gasteiger partial charge in [0.25, 0.3) is 5.91 Å². The summed E-state index contributed by atoms with van der Waals surface area (Å²) in [6, 6.07) is 9.58. The van der Waals surface area contributed by atoms with Crippen LogP contribution in [-0.4, -0.2) is 35.5 Å². The molecule has 0 saturated carbocycles. The van der Waals surface area contributed by atoms with Gasteiger partial charge in [-0.05, 0) is 45.1 Å². The third-order valence-corrected chi connectivity index (χ3v) is 5.74. The van der Waals surface area contributed by atoms with Crippen LogP contribution in [-0.2, 0) is 13.1 Å². The molecule has 0 radical (unpaired) electrons. The molecule has 11 nitrogen and oxygen atoms in total. The Morgan fingerprint density at radius 2 is 1.76 bits per heavy atom. The first-order valence-corrected chi connectivity index (χ1v) is 10.7. The summed E-state index contributed by atoms with van der Waals surface area (Å²) in [5.74, 6) is -0.275. The lowest BCUT2D eigenvalue weighted by Gasteiger charge is -2.08. The van der Waals surface area contributed by atoms with Crippen LogP contribution in [0.25, 0.3) is 0 Å². The van der Waals surface area contributed by atoms with E-state index in [1.54, 1.807) is 13.8 Å². The number of carbonyl (C=O) groups excluding carboxylic acids is 1. The number of nitrogens with zero attached hydrogens (tertiary/aromatic N) is 6. The molecule has 0 aliphatic carbocycles. The average Bonchev–Trinajstić information content (AvgIpc) is 3.42. The molecule has 0 aliphatic heterocycles. The summed E-state index contributed by atoms with van der Waals surface area (Å²) in [7, 11) is 0. The van der Waals surface area contributed by atoms with Gasteiger partial charge in [-0.15, -0.1) is 0 Å². The van der Waals surface area contributed by atoms with Crippen LogP contribution in [0.3, 0.4) is 0 Å². The van der Waals surface area contributed by atoms with Crippen molar-refractivity contribution in [2.45, 2.75) is 47.7 Å². The SMILES string of the molecule is Cc1ccc(Cn2nc(C)c(NC(=O)c3noc(C)c3Cn3nc([N+](=O)[O-])cc3C)c2C)cc1. The van der Waals surface area contributed by atoms with Gasteiger partial charge in [-0.1, -0.05) is 35.0 Å². The van der Waals surface area contributed by atoms with Crippen molar-refractivity contribution in [3.8, 4) is 0 Å². The number of nitro groups is 1. The fourth-order valence-electron chi connectivity index (χ4n) is 3.72. The third kappa shape index (κ3) is 4.45. The molecule has 0 unspecified atom stereocenters. The van der Waals surface area contributed by atoms with E-state index >= 15 is 0 Å². The smallest absolute Gasteiger partial charge is 0.361 e. The lowest BCUT2D eigenvalue weighted by Crippen LogP contribution is -2.17. The first-order valence-electron chi connectivity index (χ1n) is 10.7.